The second-order valence-electron chi connectivity index (χ2n) is 0. The van der Waals surface area contributed by atoms with Crippen LogP contribution in [0.15, 0.2) is 0 Å². The fraction of sp³-hybridized carbons (Fsp3) is 0.250. The molecule has 0 unspecified atom stereocenters. The number of hydrogen-bond donors (Lipinski definition) is 0. The van der Waals surface area contributed by atoms with Crippen molar-refractivity contribution in [3.05, 3.63) is 21.8 Å². The van der Waals surface area contributed by atoms with Gasteiger partial charge in [0.2, 0.25) is 0 Å². The van der Waals surface area contributed by atoms with Gasteiger partial charge in [0.15, 0.2) is 0 Å². The van der Waals surface area contributed by atoms with E-state index >= 15 is 0 Å². The van der Waals surface area contributed by atoms with Crippen LogP contribution in [-0.4, -0.2) is 0 Å². The molecule has 1 radical (unpaired) electrons. The Hall–Kier alpha value is 0.714. The topological polar surface area (TPSA) is 0 Å². The standard InChI is InChI=1S/C2H5.2CH3.Ti/c1-2;;;/h1H2,2H3;2*1H3;/q3*-1;+3. The summed E-state index contributed by atoms with van der Waals surface area (Å²) in [5.74, 6) is 0. The van der Waals surface area contributed by atoms with Crippen molar-refractivity contribution in [3.63, 3.8) is 0 Å². The summed E-state index contributed by atoms with van der Waals surface area (Å²) in [5.41, 5.74) is 0. The van der Waals surface area contributed by atoms with Gasteiger partial charge in [0.05, 0.1) is 0 Å². The van der Waals surface area contributed by atoms with Crippen LogP contribution in [0.3, 0.4) is 0 Å². The molecule has 0 saturated carbocycles. The fourth-order valence-corrected chi connectivity index (χ4v) is 0. The summed E-state index contributed by atoms with van der Waals surface area (Å²) in [6.45, 7) is 5.00. The van der Waals surface area contributed by atoms with Gasteiger partial charge in [0, 0.05) is 0 Å². The summed E-state index contributed by atoms with van der Waals surface area (Å²) in [6.07, 6.45) is 0. The van der Waals surface area contributed by atoms with E-state index in [1.165, 1.54) is 0 Å². The molecule has 0 atom stereocenters. The van der Waals surface area contributed by atoms with E-state index < -0.39 is 0 Å². The van der Waals surface area contributed by atoms with Crippen molar-refractivity contribution in [2.75, 3.05) is 0 Å². The van der Waals surface area contributed by atoms with Crippen LogP contribution in [0.4, 0.5) is 0 Å². The van der Waals surface area contributed by atoms with Gasteiger partial charge >= 0.3 is 21.7 Å². The molecule has 0 aliphatic heterocycles. The first-order valence-corrected chi connectivity index (χ1v) is 0.707. The molecule has 0 aromatic carbocycles. The maximum absolute atomic E-state index is 3.25. The van der Waals surface area contributed by atoms with Gasteiger partial charge in [0.1, 0.15) is 0 Å². The summed E-state index contributed by atoms with van der Waals surface area (Å²) >= 11 is 0. The monoisotopic (exact) mass is 107 g/mol. The van der Waals surface area contributed by atoms with Gasteiger partial charge < -0.3 is 21.8 Å². The molecule has 5 heavy (non-hydrogen) atoms. The zero-order chi connectivity index (χ0) is 2.00. The van der Waals surface area contributed by atoms with E-state index in [9.17, 15) is 0 Å². The molecular weight excluding hydrogens is 95.9 g/mol. The Morgan fingerprint density at radius 3 is 1.00 bits per heavy atom. The second-order valence-corrected chi connectivity index (χ2v) is 0. The molecule has 0 rings (SSSR count). The first-order chi connectivity index (χ1) is 1.00. The first kappa shape index (κ1) is 43.2. The third-order valence-corrected chi connectivity index (χ3v) is 0. The van der Waals surface area contributed by atoms with Gasteiger partial charge in [-0.3, -0.25) is 0 Å². The predicted octanol–water partition coefficient (Wildman–Crippen LogP) is 1.74. The molecule has 1 heteroatoms. The quantitative estimate of drug-likeness (QED) is 0.326. The third kappa shape index (κ3) is 68.1. The minimum atomic E-state index is 0. The van der Waals surface area contributed by atoms with Crippen LogP contribution in [-0.2, 0) is 21.7 Å². The zero-order valence-electron chi connectivity index (χ0n) is 4.21. The van der Waals surface area contributed by atoms with Crippen molar-refractivity contribution >= 4 is 0 Å². The maximum Gasteiger partial charge on any atom is 3.00 e. The SMILES string of the molecule is [CH2-]C.[CH3-].[CH3-].[Ti+3]. The van der Waals surface area contributed by atoms with Crippen LogP contribution < -0.4 is 0 Å². The number of rotatable bonds is 0. The van der Waals surface area contributed by atoms with E-state index in [-0.39, 0.29) is 36.6 Å². The van der Waals surface area contributed by atoms with E-state index in [0.717, 1.165) is 0 Å². The van der Waals surface area contributed by atoms with Gasteiger partial charge in [-0.1, -0.05) is 0 Å². The molecule has 0 amide bonds. The fourth-order valence-electron chi connectivity index (χ4n) is 0. The van der Waals surface area contributed by atoms with Gasteiger partial charge in [0.25, 0.3) is 0 Å². The Kier molecular flexibility index (Phi) is 1100. The molecule has 0 bridgehead atoms. The zero-order valence-corrected chi connectivity index (χ0v) is 5.77. The largest absolute Gasteiger partial charge is 3.00 e. The molecule has 0 aliphatic rings. The summed E-state index contributed by atoms with van der Waals surface area (Å²) in [4.78, 5) is 0. The van der Waals surface area contributed by atoms with Crippen LogP contribution in [0.5, 0.6) is 0 Å². The Labute approximate surface area is 50.9 Å². The smallest absolute Gasteiger partial charge is 0.358 e. The molecule has 0 saturated heterocycles. The third-order valence-electron chi connectivity index (χ3n) is 0. The Bertz CT molecular complexity index is 3.61. The molecule has 0 N–H and O–H groups in total. The summed E-state index contributed by atoms with van der Waals surface area (Å²) < 4.78 is 0. The first-order valence-electron chi connectivity index (χ1n) is 0.707. The molecule has 31 valence electrons. The average Bonchev–Trinajstić information content (AvgIpc) is 1.00. The van der Waals surface area contributed by atoms with Crippen LogP contribution >= 0.6 is 0 Å². The summed E-state index contributed by atoms with van der Waals surface area (Å²) in [5, 5.41) is 0. The second kappa shape index (κ2) is 127. The molecule has 0 aromatic rings. The van der Waals surface area contributed by atoms with Crippen LogP contribution in [0.2, 0.25) is 0 Å². The number of hydrogen-bond acceptors (Lipinski definition) is 0. The van der Waals surface area contributed by atoms with Crippen molar-refractivity contribution in [2.24, 2.45) is 0 Å². The minimum absolute atomic E-state index is 0. The van der Waals surface area contributed by atoms with Gasteiger partial charge in [-0.2, -0.15) is 6.92 Å². The van der Waals surface area contributed by atoms with E-state index in [1.54, 1.807) is 6.92 Å². The summed E-state index contributed by atoms with van der Waals surface area (Å²) in [6, 6.07) is 0. The molecule has 0 heterocycles. The van der Waals surface area contributed by atoms with E-state index in [2.05, 4.69) is 6.92 Å². The van der Waals surface area contributed by atoms with E-state index in [4.69, 9.17) is 0 Å². The summed E-state index contributed by atoms with van der Waals surface area (Å²) in [7, 11) is 0. The van der Waals surface area contributed by atoms with Crippen molar-refractivity contribution in [1.29, 1.82) is 0 Å². The van der Waals surface area contributed by atoms with E-state index in [0.29, 0.717) is 0 Å². The van der Waals surface area contributed by atoms with Gasteiger partial charge in [-0.05, 0) is 0 Å². The predicted molar refractivity (Wildman–Crippen MR) is 23.9 cm³/mol. The average molecular weight is 107 g/mol. The van der Waals surface area contributed by atoms with Crippen molar-refractivity contribution in [2.45, 2.75) is 6.92 Å². The van der Waals surface area contributed by atoms with Crippen LogP contribution in [0.25, 0.3) is 0 Å². The Balaban J connectivity index is -0.00000000167. The van der Waals surface area contributed by atoms with Gasteiger partial charge in [-0.15, -0.1) is 0 Å². The van der Waals surface area contributed by atoms with Crippen molar-refractivity contribution < 1.29 is 21.7 Å². The molecular formula is C4H11Ti. The molecule has 0 spiro atoms. The van der Waals surface area contributed by atoms with Gasteiger partial charge in [-0.25, -0.2) is 0 Å². The van der Waals surface area contributed by atoms with Crippen LogP contribution in [0, 0.1) is 21.8 Å². The maximum atomic E-state index is 3.25. The van der Waals surface area contributed by atoms with Crippen molar-refractivity contribution in [1.82, 2.24) is 0 Å². The molecule has 0 aromatic heterocycles. The van der Waals surface area contributed by atoms with E-state index in [1.807, 2.05) is 0 Å². The molecule has 0 fully saturated rings. The molecule has 0 aliphatic carbocycles. The van der Waals surface area contributed by atoms with Crippen molar-refractivity contribution in [3.8, 4) is 0 Å². The normalized spacial score (nSPS) is 1.20. The van der Waals surface area contributed by atoms with Crippen LogP contribution in [0.1, 0.15) is 6.92 Å². The molecule has 0 nitrogen and oxygen atoms in total. The Morgan fingerprint density at radius 2 is 1.00 bits per heavy atom. The Morgan fingerprint density at radius 1 is 1.00 bits per heavy atom. The minimum Gasteiger partial charge on any atom is -0.358 e.